The number of benzene rings is 1. The molecular formula is C19H23N3O5. The van der Waals surface area contributed by atoms with Crippen LogP contribution in [0.3, 0.4) is 0 Å². The first kappa shape index (κ1) is 18.8. The third-order valence-electron chi connectivity index (χ3n) is 4.56. The Hall–Kier alpha value is -3.03. The number of anilines is 1. The molecule has 2 heterocycles. The first-order chi connectivity index (χ1) is 13.0. The Bertz CT molecular complexity index is 874. The predicted octanol–water partition coefficient (Wildman–Crippen LogP) is 2.25. The zero-order chi connectivity index (χ0) is 19.6. The number of hydrogen-bond acceptors (Lipinski definition) is 6. The number of rotatable bonds is 6. The van der Waals surface area contributed by atoms with Crippen LogP contribution in [0, 0.1) is 6.92 Å². The largest absolute Gasteiger partial charge is 0.493 e. The number of aryl methyl sites for hydroxylation is 1. The second-order valence-electron chi connectivity index (χ2n) is 6.23. The Balaban J connectivity index is 2.02. The van der Waals surface area contributed by atoms with E-state index in [1.54, 1.807) is 21.1 Å². The second kappa shape index (κ2) is 7.69. The highest BCUT2D eigenvalue weighted by Crippen LogP contribution is 2.41. The lowest BCUT2D eigenvalue weighted by Crippen LogP contribution is -2.26. The number of carbonyl (C=O) groups is 2. The number of nitrogens with zero attached hydrogens (tertiary/aromatic N) is 2. The SMILES string of the molecule is CCOC(=O)Cn1nc(C)c2c1NC(=O)C[C@H]2c1ccc(OC)c(OC)c1. The van der Waals surface area contributed by atoms with E-state index < -0.39 is 5.97 Å². The zero-order valence-corrected chi connectivity index (χ0v) is 15.9. The summed E-state index contributed by atoms with van der Waals surface area (Å²) in [5, 5.41) is 7.29. The molecule has 27 heavy (non-hydrogen) atoms. The summed E-state index contributed by atoms with van der Waals surface area (Å²) in [4.78, 5) is 24.2. The van der Waals surface area contributed by atoms with Crippen LogP contribution in [0.5, 0.6) is 11.5 Å². The van der Waals surface area contributed by atoms with Crippen molar-refractivity contribution < 1.29 is 23.8 Å². The molecule has 0 aliphatic carbocycles. The average molecular weight is 373 g/mol. The number of fused-ring (bicyclic) bond motifs is 1. The van der Waals surface area contributed by atoms with Crippen molar-refractivity contribution >= 4 is 17.7 Å². The molecule has 0 bridgehead atoms. The maximum absolute atomic E-state index is 12.3. The van der Waals surface area contributed by atoms with Gasteiger partial charge in [-0.1, -0.05) is 6.07 Å². The summed E-state index contributed by atoms with van der Waals surface area (Å²) < 4.78 is 17.2. The van der Waals surface area contributed by atoms with Crippen LogP contribution in [0.4, 0.5) is 5.82 Å². The van der Waals surface area contributed by atoms with E-state index >= 15 is 0 Å². The topological polar surface area (TPSA) is 91.7 Å². The van der Waals surface area contributed by atoms with E-state index in [9.17, 15) is 9.59 Å². The molecule has 1 aliphatic heterocycles. The van der Waals surface area contributed by atoms with Gasteiger partial charge in [-0.2, -0.15) is 5.10 Å². The summed E-state index contributed by atoms with van der Waals surface area (Å²) in [6, 6.07) is 5.60. The summed E-state index contributed by atoms with van der Waals surface area (Å²) >= 11 is 0. The number of ether oxygens (including phenoxy) is 3. The quantitative estimate of drug-likeness (QED) is 0.781. The van der Waals surface area contributed by atoms with Crippen molar-refractivity contribution in [2.75, 3.05) is 26.1 Å². The van der Waals surface area contributed by atoms with Crippen LogP contribution in [0.1, 0.15) is 36.1 Å². The van der Waals surface area contributed by atoms with Crippen LogP contribution in [0.15, 0.2) is 18.2 Å². The minimum Gasteiger partial charge on any atom is -0.493 e. The molecule has 0 fully saturated rings. The van der Waals surface area contributed by atoms with Gasteiger partial charge in [-0.15, -0.1) is 0 Å². The fraction of sp³-hybridized carbons (Fsp3) is 0.421. The third kappa shape index (κ3) is 3.60. The summed E-state index contributed by atoms with van der Waals surface area (Å²) in [5.41, 5.74) is 2.57. The first-order valence-electron chi connectivity index (χ1n) is 8.73. The fourth-order valence-electron chi connectivity index (χ4n) is 3.41. The maximum atomic E-state index is 12.3. The van der Waals surface area contributed by atoms with Gasteiger partial charge in [-0.05, 0) is 31.5 Å². The average Bonchev–Trinajstić information content (AvgIpc) is 2.95. The van der Waals surface area contributed by atoms with Crippen LogP contribution in [0.2, 0.25) is 0 Å². The Morgan fingerprint density at radius 2 is 2.04 bits per heavy atom. The van der Waals surface area contributed by atoms with Gasteiger partial charge in [0, 0.05) is 17.9 Å². The highest BCUT2D eigenvalue weighted by molar-refractivity contribution is 5.95. The molecule has 1 N–H and O–H groups in total. The monoisotopic (exact) mass is 373 g/mol. The highest BCUT2D eigenvalue weighted by Gasteiger charge is 2.33. The zero-order valence-electron chi connectivity index (χ0n) is 15.9. The Morgan fingerprint density at radius 3 is 2.70 bits per heavy atom. The van der Waals surface area contributed by atoms with Crippen molar-refractivity contribution in [1.29, 1.82) is 0 Å². The molecule has 1 aromatic carbocycles. The molecule has 144 valence electrons. The summed E-state index contributed by atoms with van der Waals surface area (Å²) in [6.07, 6.45) is 0.286. The lowest BCUT2D eigenvalue weighted by atomic mass is 9.85. The van der Waals surface area contributed by atoms with Crippen molar-refractivity contribution in [2.45, 2.75) is 32.7 Å². The Morgan fingerprint density at radius 1 is 1.30 bits per heavy atom. The van der Waals surface area contributed by atoms with E-state index in [0.29, 0.717) is 23.9 Å². The van der Waals surface area contributed by atoms with Crippen molar-refractivity contribution in [3.05, 3.63) is 35.0 Å². The Kier molecular flexibility index (Phi) is 5.34. The van der Waals surface area contributed by atoms with Gasteiger partial charge < -0.3 is 19.5 Å². The van der Waals surface area contributed by atoms with Crippen LogP contribution in [-0.4, -0.2) is 42.5 Å². The second-order valence-corrected chi connectivity index (χ2v) is 6.23. The molecule has 1 amide bonds. The van der Waals surface area contributed by atoms with Gasteiger partial charge in [0.1, 0.15) is 12.4 Å². The number of aromatic nitrogens is 2. The van der Waals surface area contributed by atoms with E-state index in [2.05, 4.69) is 10.4 Å². The highest BCUT2D eigenvalue weighted by atomic mass is 16.5. The maximum Gasteiger partial charge on any atom is 0.327 e. The molecule has 1 atom stereocenters. The summed E-state index contributed by atoms with van der Waals surface area (Å²) in [5.74, 6) is 1.04. The van der Waals surface area contributed by atoms with Gasteiger partial charge in [0.05, 0.1) is 26.5 Å². The molecule has 0 unspecified atom stereocenters. The van der Waals surface area contributed by atoms with Crippen LogP contribution in [0.25, 0.3) is 0 Å². The van der Waals surface area contributed by atoms with Crippen LogP contribution >= 0.6 is 0 Å². The smallest absolute Gasteiger partial charge is 0.327 e. The molecule has 8 nitrogen and oxygen atoms in total. The van der Waals surface area contributed by atoms with E-state index in [4.69, 9.17) is 14.2 Å². The van der Waals surface area contributed by atoms with E-state index in [0.717, 1.165) is 16.8 Å². The van der Waals surface area contributed by atoms with Gasteiger partial charge in [-0.25, -0.2) is 4.68 Å². The van der Waals surface area contributed by atoms with E-state index in [-0.39, 0.29) is 24.8 Å². The van der Waals surface area contributed by atoms with Crippen molar-refractivity contribution in [3.63, 3.8) is 0 Å². The standard InChI is InChI=1S/C19H23N3O5/c1-5-27-17(24)10-22-19-18(11(2)21-22)13(9-16(23)20-19)12-6-7-14(25-3)15(8-12)26-4/h6-8,13H,5,9-10H2,1-4H3,(H,20,23)/t13-/m0/s1. The number of methoxy groups -OCH3 is 2. The van der Waals surface area contributed by atoms with E-state index in [1.807, 2.05) is 25.1 Å². The summed E-state index contributed by atoms with van der Waals surface area (Å²) in [7, 11) is 3.15. The number of nitrogens with one attached hydrogen (secondary N) is 1. The molecule has 2 aromatic rings. The van der Waals surface area contributed by atoms with Gasteiger partial charge in [-0.3, -0.25) is 9.59 Å². The van der Waals surface area contributed by atoms with Gasteiger partial charge in [0.25, 0.3) is 0 Å². The lowest BCUT2D eigenvalue weighted by Gasteiger charge is -2.25. The minimum absolute atomic E-state index is 0.0526. The number of esters is 1. The van der Waals surface area contributed by atoms with Crippen LogP contribution < -0.4 is 14.8 Å². The van der Waals surface area contributed by atoms with Gasteiger partial charge in [0.2, 0.25) is 5.91 Å². The molecule has 3 rings (SSSR count). The summed E-state index contributed by atoms with van der Waals surface area (Å²) in [6.45, 7) is 3.85. The molecule has 0 saturated carbocycles. The third-order valence-corrected chi connectivity index (χ3v) is 4.56. The molecular weight excluding hydrogens is 350 g/mol. The first-order valence-corrected chi connectivity index (χ1v) is 8.73. The van der Waals surface area contributed by atoms with Crippen molar-refractivity contribution in [3.8, 4) is 11.5 Å². The fourth-order valence-corrected chi connectivity index (χ4v) is 3.41. The van der Waals surface area contributed by atoms with Crippen molar-refractivity contribution in [2.24, 2.45) is 0 Å². The predicted molar refractivity (Wildman–Crippen MR) is 98.2 cm³/mol. The van der Waals surface area contributed by atoms with Gasteiger partial charge in [0.15, 0.2) is 11.5 Å². The molecule has 0 saturated heterocycles. The van der Waals surface area contributed by atoms with E-state index in [1.165, 1.54) is 4.68 Å². The number of hydrogen-bond donors (Lipinski definition) is 1. The van der Waals surface area contributed by atoms with Gasteiger partial charge >= 0.3 is 5.97 Å². The van der Waals surface area contributed by atoms with Crippen LogP contribution in [-0.2, 0) is 20.9 Å². The number of carbonyl (C=O) groups excluding carboxylic acids is 2. The molecule has 8 heteroatoms. The van der Waals surface area contributed by atoms with Crippen molar-refractivity contribution in [1.82, 2.24) is 9.78 Å². The molecule has 0 radical (unpaired) electrons. The number of amides is 1. The lowest BCUT2D eigenvalue weighted by molar-refractivity contribution is -0.144. The Labute approximate surface area is 157 Å². The minimum atomic E-state index is -0.398. The molecule has 1 aromatic heterocycles. The normalized spacial score (nSPS) is 15.7. The molecule has 1 aliphatic rings. The molecule has 0 spiro atoms.